The zero-order valence-corrected chi connectivity index (χ0v) is 15.5. The van der Waals surface area contributed by atoms with Crippen LogP contribution in [0.25, 0.3) is 0 Å². The Balaban J connectivity index is 1.92. The molecule has 4 rings (SSSR count). The van der Waals surface area contributed by atoms with Gasteiger partial charge in [-0.2, -0.15) is 4.31 Å². The molecule has 27 heavy (non-hydrogen) atoms. The van der Waals surface area contributed by atoms with Crippen LogP contribution in [0.5, 0.6) is 11.5 Å². The molecule has 0 saturated carbocycles. The van der Waals surface area contributed by atoms with E-state index in [1.165, 1.54) is 16.4 Å². The highest BCUT2D eigenvalue weighted by Gasteiger charge is 2.45. The van der Waals surface area contributed by atoms with E-state index in [0.29, 0.717) is 0 Å². The fourth-order valence-corrected chi connectivity index (χ4v) is 5.62. The zero-order valence-electron chi connectivity index (χ0n) is 14.6. The van der Waals surface area contributed by atoms with E-state index in [1.807, 2.05) is 61.5 Å². The molecule has 0 spiro atoms. The molecular weight excluding hydrogens is 362 g/mol. The van der Waals surface area contributed by atoms with Crippen molar-refractivity contribution in [2.24, 2.45) is 0 Å². The smallest absolute Gasteiger partial charge is 0.248 e. The van der Waals surface area contributed by atoms with Crippen LogP contribution in [0.2, 0.25) is 0 Å². The van der Waals surface area contributed by atoms with Crippen LogP contribution in [0.3, 0.4) is 0 Å². The monoisotopic (exact) mass is 381 g/mol. The van der Waals surface area contributed by atoms with Gasteiger partial charge in [0.2, 0.25) is 10.0 Å². The van der Waals surface area contributed by atoms with Crippen molar-refractivity contribution in [2.75, 3.05) is 0 Å². The minimum atomic E-state index is -4.03. The number of phenols is 2. The van der Waals surface area contributed by atoms with Crippen LogP contribution in [0.1, 0.15) is 35.7 Å². The van der Waals surface area contributed by atoms with E-state index in [4.69, 9.17) is 0 Å². The van der Waals surface area contributed by atoms with Crippen molar-refractivity contribution < 1.29 is 18.6 Å². The number of fused-ring (bicyclic) bond motifs is 1. The van der Waals surface area contributed by atoms with Crippen molar-refractivity contribution in [1.29, 1.82) is 0 Å². The number of nitrogens with zero attached hydrogens (tertiary/aromatic N) is 1. The summed E-state index contributed by atoms with van der Waals surface area (Å²) in [4.78, 5) is -0.221. The van der Waals surface area contributed by atoms with Gasteiger partial charge in [0, 0.05) is 12.1 Å². The summed E-state index contributed by atoms with van der Waals surface area (Å²) in [6, 6.07) is 19.8. The third-order valence-electron chi connectivity index (χ3n) is 4.99. The van der Waals surface area contributed by atoms with E-state index in [2.05, 4.69) is 0 Å². The maximum absolute atomic E-state index is 13.5. The second kappa shape index (κ2) is 6.40. The van der Waals surface area contributed by atoms with Gasteiger partial charge in [-0.15, -0.1) is 0 Å². The third kappa shape index (κ3) is 2.78. The van der Waals surface area contributed by atoms with Crippen LogP contribution in [-0.2, 0) is 10.0 Å². The van der Waals surface area contributed by atoms with Crippen molar-refractivity contribution in [3.05, 3.63) is 89.5 Å². The minimum Gasteiger partial charge on any atom is -0.508 e. The lowest BCUT2D eigenvalue weighted by molar-refractivity contribution is 0.329. The third-order valence-corrected chi connectivity index (χ3v) is 6.97. The summed E-state index contributed by atoms with van der Waals surface area (Å²) in [7, 11) is -4.03. The van der Waals surface area contributed by atoms with E-state index in [-0.39, 0.29) is 10.6 Å². The van der Waals surface area contributed by atoms with Gasteiger partial charge in [0.25, 0.3) is 0 Å². The Kier molecular flexibility index (Phi) is 4.17. The van der Waals surface area contributed by atoms with Gasteiger partial charge in [-0.05, 0) is 35.7 Å². The summed E-state index contributed by atoms with van der Waals surface area (Å²) < 4.78 is 28.5. The van der Waals surface area contributed by atoms with Gasteiger partial charge in [-0.1, -0.05) is 54.6 Å². The molecule has 3 aromatic carbocycles. The predicted molar refractivity (Wildman–Crippen MR) is 102 cm³/mol. The highest BCUT2D eigenvalue weighted by molar-refractivity contribution is 7.89. The first-order valence-corrected chi connectivity index (χ1v) is 10.0. The Morgan fingerprint density at radius 2 is 1.48 bits per heavy atom. The van der Waals surface area contributed by atoms with Crippen molar-refractivity contribution in [2.45, 2.75) is 23.9 Å². The van der Waals surface area contributed by atoms with Crippen LogP contribution in [0, 0.1) is 0 Å². The van der Waals surface area contributed by atoms with Crippen molar-refractivity contribution in [3.63, 3.8) is 0 Å². The molecule has 0 radical (unpaired) electrons. The average Bonchev–Trinajstić information content (AvgIpc) is 2.96. The molecule has 3 aromatic rings. The van der Waals surface area contributed by atoms with Crippen molar-refractivity contribution >= 4 is 10.0 Å². The summed E-state index contributed by atoms with van der Waals surface area (Å²) in [6.45, 7) is 1.84. The van der Waals surface area contributed by atoms with Gasteiger partial charge in [-0.25, -0.2) is 8.42 Å². The lowest BCUT2D eigenvalue weighted by Gasteiger charge is -2.28. The predicted octanol–water partition coefficient (Wildman–Crippen LogP) is 3.95. The maximum atomic E-state index is 13.5. The zero-order chi connectivity index (χ0) is 19.2. The van der Waals surface area contributed by atoms with Crippen LogP contribution in [-0.4, -0.2) is 22.9 Å². The summed E-state index contributed by atoms with van der Waals surface area (Å²) in [6.07, 6.45) is 0. The first-order chi connectivity index (χ1) is 12.9. The molecule has 2 N–H and O–H groups in total. The molecule has 1 aliphatic heterocycles. The van der Waals surface area contributed by atoms with Gasteiger partial charge in [0.15, 0.2) is 0 Å². The van der Waals surface area contributed by atoms with Crippen LogP contribution >= 0.6 is 0 Å². The van der Waals surface area contributed by atoms with E-state index in [1.54, 1.807) is 0 Å². The van der Waals surface area contributed by atoms with E-state index in [0.717, 1.165) is 22.8 Å². The number of sulfonamides is 1. The van der Waals surface area contributed by atoms with Crippen LogP contribution in [0.4, 0.5) is 0 Å². The number of hydrogen-bond acceptors (Lipinski definition) is 4. The Morgan fingerprint density at radius 3 is 2.15 bits per heavy atom. The Morgan fingerprint density at radius 1 is 0.852 bits per heavy atom. The minimum absolute atomic E-state index is 0.191. The fraction of sp³-hybridized carbons (Fsp3) is 0.143. The van der Waals surface area contributed by atoms with E-state index >= 15 is 0 Å². The number of rotatable bonds is 3. The highest BCUT2D eigenvalue weighted by Crippen LogP contribution is 2.49. The maximum Gasteiger partial charge on any atom is 0.248 e. The second-order valence-electron chi connectivity index (χ2n) is 6.61. The first-order valence-electron chi connectivity index (χ1n) is 8.60. The Labute approximate surface area is 158 Å². The average molecular weight is 381 g/mol. The largest absolute Gasteiger partial charge is 0.508 e. The molecule has 0 aliphatic carbocycles. The molecule has 2 unspecified atom stereocenters. The second-order valence-corrected chi connectivity index (χ2v) is 8.42. The molecule has 0 fully saturated rings. The molecule has 0 amide bonds. The first kappa shape index (κ1) is 17.6. The van der Waals surface area contributed by atoms with Gasteiger partial charge >= 0.3 is 0 Å². The fourth-order valence-electron chi connectivity index (χ4n) is 3.78. The molecular formula is C21H19NO4S. The normalized spacial score (nSPS) is 19.7. The number of benzene rings is 3. The van der Waals surface area contributed by atoms with Gasteiger partial charge in [0.1, 0.15) is 16.4 Å². The molecule has 0 saturated heterocycles. The van der Waals surface area contributed by atoms with Crippen molar-refractivity contribution in [3.8, 4) is 11.5 Å². The molecule has 1 aliphatic rings. The number of aromatic hydroxyl groups is 2. The Hall–Kier alpha value is -2.83. The topological polar surface area (TPSA) is 77.8 Å². The SMILES string of the molecule is CC1c2ccccc2C(c2ccccc2)N1S(=O)(=O)c1ccc(O)cc1O. The van der Waals surface area contributed by atoms with Gasteiger partial charge in [-0.3, -0.25) is 0 Å². The van der Waals surface area contributed by atoms with E-state index in [9.17, 15) is 18.6 Å². The Bertz CT molecular complexity index is 1100. The van der Waals surface area contributed by atoms with Crippen LogP contribution < -0.4 is 0 Å². The van der Waals surface area contributed by atoms with Gasteiger partial charge < -0.3 is 10.2 Å². The molecule has 1 heterocycles. The van der Waals surface area contributed by atoms with E-state index < -0.39 is 27.9 Å². The number of hydrogen-bond donors (Lipinski definition) is 2. The number of phenolic OH excluding ortho intramolecular Hbond substituents is 2. The van der Waals surface area contributed by atoms with Crippen molar-refractivity contribution in [1.82, 2.24) is 4.31 Å². The summed E-state index contributed by atoms with van der Waals surface area (Å²) >= 11 is 0. The summed E-state index contributed by atoms with van der Waals surface area (Å²) in [5.74, 6) is -0.659. The quantitative estimate of drug-likeness (QED) is 0.720. The standard InChI is InChI=1S/C21H19NO4S/c1-14-17-9-5-6-10-18(17)21(15-7-3-2-4-8-15)22(14)27(25,26)20-12-11-16(23)13-19(20)24/h2-14,21,23-24H,1H3. The lowest BCUT2D eigenvalue weighted by atomic mass is 9.98. The summed E-state index contributed by atoms with van der Waals surface area (Å²) in [5.41, 5.74) is 2.72. The molecule has 2 atom stereocenters. The molecule has 0 aromatic heterocycles. The lowest BCUT2D eigenvalue weighted by Crippen LogP contribution is -2.32. The molecule has 6 heteroatoms. The molecule has 138 valence electrons. The van der Waals surface area contributed by atoms with Crippen LogP contribution in [0.15, 0.2) is 77.7 Å². The molecule has 5 nitrogen and oxygen atoms in total. The molecule has 0 bridgehead atoms. The summed E-state index contributed by atoms with van der Waals surface area (Å²) in [5, 5.41) is 19.7. The highest BCUT2D eigenvalue weighted by atomic mass is 32.2. The van der Waals surface area contributed by atoms with Gasteiger partial charge in [0.05, 0.1) is 6.04 Å².